The normalized spacial score (nSPS) is 11.9. The maximum atomic E-state index is 12.7. The number of nitrogens with zero attached hydrogens (tertiary/aromatic N) is 2. The monoisotopic (exact) mass is 459 g/mol. The molecule has 0 spiro atoms. The highest BCUT2D eigenvalue weighted by atomic mass is 16.7. The van der Waals surface area contributed by atoms with Crippen molar-refractivity contribution in [3.63, 3.8) is 0 Å². The van der Waals surface area contributed by atoms with E-state index in [0.717, 1.165) is 0 Å². The van der Waals surface area contributed by atoms with Gasteiger partial charge >= 0.3 is 11.9 Å². The molecule has 4 aromatic rings. The molecule has 1 aliphatic heterocycles. The molecule has 5 rings (SSSR count). The number of aromatic nitrogens is 2. The first-order valence-corrected chi connectivity index (χ1v) is 10.7. The summed E-state index contributed by atoms with van der Waals surface area (Å²) < 4.78 is 23.1. The summed E-state index contributed by atoms with van der Waals surface area (Å²) in [5, 5.41) is 3.12. The van der Waals surface area contributed by atoms with Gasteiger partial charge in [-0.25, -0.2) is 9.78 Å². The molecule has 1 aliphatic rings. The van der Waals surface area contributed by atoms with Gasteiger partial charge in [-0.15, -0.1) is 0 Å². The Hall–Kier alpha value is -4.53. The molecule has 172 valence electrons. The first kappa shape index (κ1) is 21.3. The second-order valence-corrected chi connectivity index (χ2v) is 7.38. The van der Waals surface area contributed by atoms with Gasteiger partial charge in [-0.3, -0.25) is 9.20 Å². The van der Waals surface area contributed by atoms with Crippen LogP contribution in [-0.4, -0.2) is 41.3 Å². The van der Waals surface area contributed by atoms with E-state index >= 15 is 0 Å². The van der Waals surface area contributed by atoms with Crippen LogP contribution >= 0.6 is 0 Å². The topological polar surface area (TPSA) is 100 Å². The zero-order valence-electron chi connectivity index (χ0n) is 18.3. The second-order valence-electron chi connectivity index (χ2n) is 7.38. The molecule has 0 atom stereocenters. The Balaban J connectivity index is 1.42. The summed E-state index contributed by atoms with van der Waals surface area (Å²) in [5.74, 6) is 1.19. The van der Waals surface area contributed by atoms with Gasteiger partial charge < -0.3 is 24.3 Å². The first-order valence-electron chi connectivity index (χ1n) is 10.7. The van der Waals surface area contributed by atoms with Crippen molar-refractivity contribution in [1.29, 1.82) is 0 Å². The lowest BCUT2D eigenvalue weighted by molar-refractivity contribution is -0.140. The van der Waals surface area contributed by atoms with Crippen molar-refractivity contribution in [3.05, 3.63) is 72.4 Å². The minimum absolute atomic E-state index is 0.0116. The van der Waals surface area contributed by atoms with Crippen molar-refractivity contribution in [1.82, 2.24) is 9.38 Å². The summed E-state index contributed by atoms with van der Waals surface area (Å²) in [5.41, 5.74) is 2.37. The summed E-state index contributed by atoms with van der Waals surface area (Å²) >= 11 is 0. The number of anilines is 1. The van der Waals surface area contributed by atoms with Gasteiger partial charge in [0, 0.05) is 11.8 Å². The number of imidazole rings is 1. The Kier molecular flexibility index (Phi) is 5.73. The van der Waals surface area contributed by atoms with Crippen LogP contribution in [0.1, 0.15) is 17.3 Å². The van der Waals surface area contributed by atoms with Gasteiger partial charge in [0.1, 0.15) is 29.5 Å². The molecule has 3 heterocycles. The van der Waals surface area contributed by atoms with Gasteiger partial charge in [0.05, 0.1) is 12.2 Å². The molecule has 9 nitrogen and oxygen atoms in total. The van der Waals surface area contributed by atoms with Crippen LogP contribution in [0, 0.1) is 0 Å². The molecule has 2 aromatic heterocycles. The van der Waals surface area contributed by atoms with Crippen LogP contribution in [0.2, 0.25) is 0 Å². The number of ether oxygens (including phenoxy) is 4. The summed E-state index contributed by atoms with van der Waals surface area (Å²) in [6.07, 6.45) is 1.85. The van der Waals surface area contributed by atoms with E-state index in [1.165, 1.54) is 0 Å². The Morgan fingerprint density at radius 1 is 1.06 bits per heavy atom. The number of rotatable bonds is 7. The van der Waals surface area contributed by atoms with Crippen LogP contribution in [0.4, 0.5) is 5.82 Å². The minimum Gasteiger partial charge on any atom is -0.465 e. The Bertz CT molecular complexity index is 1380. The molecule has 0 fully saturated rings. The van der Waals surface area contributed by atoms with Crippen LogP contribution in [0.5, 0.6) is 17.2 Å². The van der Waals surface area contributed by atoms with E-state index in [-0.39, 0.29) is 19.3 Å². The number of hydrogen-bond donors (Lipinski definition) is 1. The van der Waals surface area contributed by atoms with E-state index in [4.69, 9.17) is 23.9 Å². The standard InChI is InChI=1S/C25H21N3O6/c1-2-31-22(29)14-26-24-23(27-21-8-3-4-11-28(21)24)16-6-5-7-18(12-16)34-25(30)17-9-10-19-20(13-17)33-15-32-19/h3-13,26H,2,14-15H2,1H3. The summed E-state index contributed by atoms with van der Waals surface area (Å²) in [4.78, 5) is 29.3. The number of hydrogen-bond acceptors (Lipinski definition) is 8. The lowest BCUT2D eigenvalue weighted by atomic mass is 10.1. The molecule has 0 saturated heterocycles. The highest BCUT2D eigenvalue weighted by Gasteiger charge is 2.19. The van der Waals surface area contributed by atoms with Gasteiger partial charge in [-0.1, -0.05) is 18.2 Å². The van der Waals surface area contributed by atoms with E-state index in [2.05, 4.69) is 5.32 Å². The lowest BCUT2D eigenvalue weighted by Gasteiger charge is -2.10. The number of carbonyl (C=O) groups excluding carboxylic acids is 2. The fourth-order valence-electron chi connectivity index (χ4n) is 3.63. The molecule has 34 heavy (non-hydrogen) atoms. The summed E-state index contributed by atoms with van der Waals surface area (Å²) in [7, 11) is 0. The molecule has 9 heteroatoms. The highest BCUT2D eigenvalue weighted by molar-refractivity contribution is 5.92. The average Bonchev–Trinajstić information content (AvgIpc) is 3.47. The predicted octanol–water partition coefficient (Wildman–Crippen LogP) is 3.92. The first-order chi connectivity index (χ1) is 16.6. The van der Waals surface area contributed by atoms with Gasteiger partial charge in [-0.2, -0.15) is 0 Å². The van der Waals surface area contributed by atoms with Crippen molar-refractivity contribution < 1.29 is 28.5 Å². The maximum absolute atomic E-state index is 12.7. The van der Waals surface area contributed by atoms with E-state index in [1.54, 1.807) is 43.3 Å². The number of pyridine rings is 1. The lowest BCUT2D eigenvalue weighted by Crippen LogP contribution is -2.17. The molecule has 0 bridgehead atoms. The fraction of sp³-hybridized carbons (Fsp3) is 0.160. The number of carbonyl (C=O) groups is 2. The summed E-state index contributed by atoms with van der Waals surface area (Å²) in [6, 6.07) is 17.6. The third-order valence-electron chi connectivity index (χ3n) is 5.16. The molecule has 0 unspecified atom stereocenters. The molecule has 2 aromatic carbocycles. The molecule has 0 amide bonds. The van der Waals surface area contributed by atoms with Crippen molar-refractivity contribution in [2.75, 3.05) is 25.3 Å². The number of esters is 2. The largest absolute Gasteiger partial charge is 0.465 e. The molecule has 0 saturated carbocycles. The van der Waals surface area contributed by atoms with E-state index in [9.17, 15) is 9.59 Å². The summed E-state index contributed by atoms with van der Waals surface area (Å²) in [6.45, 7) is 2.18. The van der Waals surface area contributed by atoms with Crippen molar-refractivity contribution in [2.45, 2.75) is 6.92 Å². The smallest absolute Gasteiger partial charge is 0.343 e. The second kappa shape index (κ2) is 9.14. The molecular formula is C25H21N3O6. The van der Waals surface area contributed by atoms with Crippen molar-refractivity contribution >= 4 is 23.4 Å². The number of fused-ring (bicyclic) bond motifs is 2. The van der Waals surface area contributed by atoms with Gasteiger partial charge in [0.2, 0.25) is 6.79 Å². The minimum atomic E-state index is -0.522. The zero-order valence-corrected chi connectivity index (χ0v) is 18.3. The third kappa shape index (κ3) is 4.23. The Morgan fingerprint density at radius 2 is 1.94 bits per heavy atom. The zero-order chi connectivity index (χ0) is 23.5. The van der Waals surface area contributed by atoms with E-state index < -0.39 is 5.97 Å². The van der Waals surface area contributed by atoms with E-state index in [1.807, 2.05) is 34.9 Å². The highest BCUT2D eigenvalue weighted by Crippen LogP contribution is 2.34. The van der Waals surface area contributed by atoms with Crippen LogP contribution in [0.15, 0.2) is 66.9 Å². The van der Waals surface area contributed by atoms with Crippen LogP contribution in [-0.2, 0) is 9.53 Å². The quantitative estimate of drug-likeness (QED) is 0.328. The third-order valence-corrected chi connectivity index (χ3v) is 5.16. The van der Waals surface area contributed by atoms with Crippen molar-refractivity contribution in [3.8, 4) is 28.5 Å². The predicted molar refractivity (Wildman–Crippen MR) is 123 cm³/mol. The fourth-order valence-corrected chi connectivity index (χ4v) is 3.63. The SMILES string of the molecule is CCOC(=O)CNc1c(-c2cccc(OC(=O)c3ccc4c(c3)OCO4)c2)nc2ccccn12. The maximum Gasteiger partial charge on any atom is 0.343 e. The van der Waals surface area contributed by atoms with Crippen LogP contribution in [0.3, 0.4) is 0 Å². The molecule has 0 aliphatic carbocycles. The molecule has 0 radical (unpaired) electrons. The number of benzene rings is 2. The van der Waals surface area contributed by atoms with Crippen LogP contribution < -0.4 is 19.5 Å². The average molecular weight is 459 g/mol. The molecular weight excluding hydrogens is 438 g/mol. The van der Waals surface area contributed by atoms with Gasteiger partial charge in [-0.05, 0) is 49.4 Å². The van der Waals surface area contributed by atoms with Gasteiger partial charge in [0.25, 0.3) is 0 Å². The van der Waals surface area contributed by atoms with Crippen molar-refractivity contribution in [2.24, 2.45) is 0 Å². The number of nitrogens with one attached hydrogen (secondary N) is 1. The van der Waals surface area contributed by atoms with E-state index in [0.29, 0.717) is 52.1 Å². The van der Waals surface area contributed by atoms with Crippen LogP contribution in [0.25, 0.3) is 16.9 Å². The molecule has 1 N–H and O–H groups in total. The Labute approximate surface area is 194 Å². The van der Waals surface area contributed by atoms with Gasteiger partial charge in [0.15, 0.2) is 11.5 Å². The Morgan fingerprint density at radius 3 is 2.82 bits per heavy atom.